The summed E-state index contributed by atoms with van der Waals surface area (Å²) in [6.07, 6.45) is 1.54. The van der Waals surface area contributed by atoms with Crippen molar-refractivity contribution in [2.45, 2.75) is 20.5 Å². The van der Waals surface area contributed by atoms with Crippen molar-refractivity contribution in [2.24, 2.45) is 5.10 Å². The normalized spacial score (nSPS) is 11.4. The molecule has 7 nitrogen and oxygen atoms in total. The van der Waals surface area contributed by atoms with E-state index in [1.54, 1.807) is 30.5 Å². The molecule has 7 heteroatoms. The number of H-pyrrole nitrogens is 1. The first-order valence-corrected chi connectivity index (χ1v) is 11.3. The van der Waals surface area contributed by atoms with Gasteiger partial charge in [-0.3, -0.25) is 4.79 Å². The van der Waals surface area contributed by atoms with Crippen molar-refractivity contribution >= 4 is 17.1 Å². The highest BCUT2D eigenvalue weighted by Gasteiger charge is 2.11. The fourth-order valence-electron chi connectivity index (χ4n) is 4.13. The van der Waals surface area contributed by atoms with E-state index in [2.05, 4.69) is 14.7 Å². The van der Waals surface area contributed by atoms with Crippen LogP contribution in [0.3, 0.4) is 0 Å². The summed E-state index contributed by atoms with van der Waals surface area (Å²) in [4.78, 5) is 27.8. The minimum absolute atomic E-state index is 0.407. The number of nitrogens with zero attached hydrogens (tertiary/aromatic N) is 3. The van der Waals surface area contributed by atoms with Crippen LogP contribution in [0.15, 0.2) is 99.6 Å². The molecule has 0 saturated carbocycles. The number of benzene rings is 3. The van der Waals surface area contributed by atoms with Gasteiger partial charge in [0.1, 0.15) is 12.4 Å². The number of aromatic nitrogens is 3. The first-order chi connectivity index (χ1) is 17.0. The Kier molecular flexibility index (Phi) is 5.89. The summed E-state index contributed by atoms with van der Waals surface area (Å²) in [6, 6.07) is 26.8. The van der Waals surface area contributed by atoms with Crippen molar-refractivity contribution in [3.8, 4) is 11.4 Å². The van der Waals surface area contributed by atoms with Crippen LogP contribution >= 0.6 is 0 Å². The number of hydrogen-bond donors (Lipinski definition) is 1. The Morgan fingerprint density at radius 3 is 2.40 bits per heavy atom. The van der Waals surface area contributed by atoms with Crippen LogP contribution in [-0.2, 0) is 6.61 Å². The number of para-hydroxylation sites is 1. The Balaban J connectivity index is 1.40. The maximum Gasteiger partial charge on any atom is 0.349 e. The lowest BCUT2D eigenvalue weighted by Crippen LogP contribution is -2.32. The molecule has 1 N–H and O–H groups in total. The minimum Gasteiger partial charge on any atom is -0.489 e. The van der Waals surface area contributed by atoms with Gasteiger partial charge in [-0.2, -0.15) is 5.10 Å². The number of hydrogen-bond acceptors (Lipinski definition) is 4. The lowest BCUT2D eigenvalue weighted by molar-refractivity contribution is 0.306. The number of aryl methyl sites for hydroxylation is 1. The van der Waals surface area contributed by atoms with Crippen LogP contribution in [0.2, 0.25) is 0 Å². The Labute approximate surface area is 201 Å². The molecule has 3 aromatic carbocycles. The molecule has 0 bridgehead atoms. The summed E-state index contributed by atoms with van der Waals surface area (Å²) in [5.74, 6) is 0.789. The van der Waals surface area contributed by atoms with E-state index in [0.717, 1.165) is 38.6 Å². The molecule has 5 aromatic rings. The Bertz CT molecular complexity index is 1640. The van der Waals surface area contributed by atoms with E-state index in [1.807, 2.05) is 74.5 Å². The molecule has 0 atom stereocenters. The van der Waals surface area contributed by atoms with Crippen LogP contribution in [0.5, 0.6) is 5.75 Å². The Morgan fingerprint density at radius 1 is 0.914 bits per heavy atom. The van der Waals surface area contributed by atoms with E-state index in [1.165, 1.54) is 0 Å². The van der Waals surface area contributed by atoms with Crippen molar-refractivity contribution in [3.05, 3.63) is 128 Å². The predicted molar refractivity (Wildman–Crippen MR) is 138 cm³/mol. The van der Waals surface area contributed by atoms with Gasteiger partial charge in [0.15, 0.2) is 0 Å². The molecule has 0 aliphatic carbocycles. The van der Waals surface area contributed by atoms with Crippen molar-refractivity contribution in [1.29, 1.82) is 0 Å². The number of nitrogens with one attached hydrogen (secondary N) is 1. The molecule has 0 amide bonds. The van der Waals surface area contributed by atoms with E-state index in [4.69, 9.17) is 4.74 Å². The molecule has 0 aliphatic heterocycles. The average Bonchev–Trinajstić information content (AvgIpc) is 3.16. The fraction of sp³-hybridized carbons (Fsp3) is 0.107. The van der Waals surface area contributed by atoms with Crippen molar-refractivity contribution < 1.29 is 4.74 Å². The lowest BCUT2D eigenvalue weighted by atomic mass is 10.2. The van der Waals surface area contributed by atoms with Gasteiger partial charge in [-0.15, -0.1) is 4.68 Å². The first kappa shape index (κ1) is 22.2. The second kappa shape index (κ2) is 9.30. The molecule has 0 aliphatic rings. The van der Waals surface area contributed by atoms with Gasteiger partial charge in [0.05, 0.1) is 17.1 Å². The summed E-state index contributed by atoms with van der Waals surface area (Å²) in [5.41, 5.74) is 4.30. The SMILES string of the molecule is Cc1cc(C=Nn2c(=O)[nH]c3ccccc3c2=O)c(C)n1-c1ccc(OCc2ccccc2)cc1. The third-order valence-electron chi connectivity index (χ3n) is 5.91. The van der Waals surface area contributed by atoms with E-state index in [0.29, 0.717) is 17.5 Å². The Morgan fingerprint density at radius 2 is 1.63 bits per heavy atom. The van der Waals surface area contributed by atoms with Gasteiger partial charge in [0.25, 0.3) is 5.56 Å². The number of fused-ring (bicyclic) bond motifs is 1. The lowest BCUT2D eigenvalue weighted by Gasteiger charge is -2.11. The van der Waals surface area contributed by atoms with Gasteiger partial charge >= 0.3 is 5.69 Å². The summed E-state index contributed by atoms with van der Waals surface area (Å²) in [5, 5.41) is 4.61. The molecule has 2 heterocycles. The molecule has 5 rings (SSSR count). The highest BCUT2D eigenvalue weighted by atomic mass is 16.5. The minimum atomic E-state index is -0.579. The summed E-state index contributed by atoms with van der Waals surface area (Å²) < 4.78 is 8.84. The van der Waals surface area contributed by atoms with E-state index >= 15 is 0 Å². The molecule has 0 radical (unpaired) electrons. The highest BCUT2D eigenvalue weighted by Crippen LogP contribution is 2.22. The third-order valence-corrected chi connectivity index (χ3v) is 5.91. The van der Waals surface area contributed by atoms with Crippen LogP contribution in [0.4, 0.5) is 0 Å². The largest absolute Gasteiger partial charge is 0.489 e. The van der Waals surface area contributed by atoms with Gasteiger partial charge in [0.2, 0.25) is 0 Å². The van der Waals surface area contributed by atoms with Gasteiger partial charge in [0, 0.05) is 22.6 Å². The summed E-state index contributed by atoms with van der Waals surface area (Å²) in [7, 11) is 0. The molecule has 0 unspecified atom stereocenters. The zero-order valence-electron chi connectivity index (χ0n) is 19.4. The van der Waals surface area contributed by atoms with Gasteiger partial charge in [-0.05, 0) is 61.9 Å². The second-order valence-electron chi connectivity index (χ2n) is 8.27. The molecule has 0 spiro atoms. The quantitative estimate of drug-likeness (QED) is 0.374. The number of aromatic amines is 1. The predicted octanol–water partition coefficient (Wildman–Crippen LogP) is 4.56. The van der Waals surface area contributed by atoms with Gasteiger partial charge in [-0.1, -0.05) is 42.5 Å². The van der Waals surface area contributed by atoms with Crippen LogP contribution in [0.25, 0.3) is 16.6 Å². The topological polar surface area (TPSA) is 81.4 Å². The molecule has 174 valence electrons. The zero-order chi connectivity index (χ0) is 24.4. The first-order valence-electron chi connectivity index (χ1n) is 11.3. The van der Waals surface area contributed by atoms with Crippen molar-refractivity contribution in [3.63, 3.8) is 0 Å². The number of ether oxygens (including phenoxy) is 1. The molecule has 35 heavy (non-hydrogen) atoms. The smallest absolute Gasteiger partial charge is 0.349 e. The van der Waals surface area contributed by atoms with E-state index in [-0.39, 0.29) is 0 Å². The van der Waals surface area contributed by atoms with Crippen LogP contribution < -0.4 is 16.0 Å². The fourth-order valence-corrected chi connectivity index (χ4v) is 4.13. The average molecular weight is 465 g/mol. The van der Waals surface area contributed by atoms with E-state index in [9.17, 15) is 9.59 Å². The molecule has 0 saturated heterocycles. The molecule has 0 fully saturated rings. The summed E-state index contributed by atoms with van der Waals surface area (Å²) in [6.45, 7) is 4.48. The highest BCUT2D eigenvalue weighted by molar-refractivity contribution is 5.82. The van der Waals surface area contributed by atoms with Crippen LogP contribution in [-0.4, -0.2) is 20.4 Å². The van der Waals surface area contributed by atoms with Gasteiger partial charge in [-0.25, -0.2) is 4.79 Å². The standard InChI is InChI=1S/C28H24N4O3/c1-19-16-22(17-29-32-27(33)25-10-6-7-11-26(25)30-28(32)34)20(2)31(19)23-12-14-24(15-13-23)35-18-21-8-4-3-5-9-21/h3-17H,18H2,1-2H3,(H,30,34). The zero-order valence-corrected chi connectivity index (χ0v) is 19.4. The van der Waals surface area contributed by atoms with Crippen molar-refractivity contribution in [2.75, 3.05) is 0 Å². The monoisotopic (exact) mass is 464 g/mol. The maximum atomic E-state index is 12.7. The molecular weight excluding hydrogens is 440 g/mol. The summed E-state index contributed by atoms with van der Waals surface area (Å²) >= 11 is 0. The molecular formula is C28H24N4O3. The van der Waals surface area contributed by atoms with Crippen LogP contribution in [0.1, 0.15) is 22.5 Å². The Hall–Kier alpha value is -4.65. The third kappa shape index (κ3) is 4.44. The second-order valence-corrected chi connectivity index (χ2v) is 8.27. The van der Waals surface area contributed by atoms with E-state index < -0.39 is 11.2 Å². The maximum absolute atomic E-state index is 12.7. The number of rotatable bonds is 6. The van der Waals surface area contributed by atoms with Gasteiger partial charge < -0.3 is 14.3 Å². The van der Waals surface area contributed by atoms with Crippen molar-refractivity contribution in [1.82, 2.24) is 14.2 Å². The molecule has 2 aromatic heterocycles. The van der Waals surface area contributed by atoms with Crippen LogP contribution in [0, 0.1) is 13.8 Å².